The number of benzene rings is 3. The van der Waals surface area contributed by atoms with E-state index in [-0.39, 0.29) is 23.6 Å². The van der Waals surface area contributed by atoms with Crippen LogP contribution in [0.4, 0.5) is 14.5 Å². The molecule has 0 aliphatic carbocycles. The van der Waals surface area contributed by atoms with Crippen LogP contribution in [0.1, 0.15) is 11.1 Å². The van der Waals surface area contributed by atoms with Crippen molar-refractivity contribution in [1.29, 1.82) is 0 Å². The monoisotopic (exact) mass is 434 g/mol. The van der Waals surface area contributed by atoms with Crippen LogP contribution in [0.25, 0.3) is 5.57 Å². The topological polar surface area (TPSA) is 58.6 Å². The molecule has 3 aromatic carbocycles. The van der Waals surface area contributed by atoms with Crippen molar-refractivity contribution in [3.05, 3.63) is 101 Å². The van der Waals surface area contributed by atoms with E-state index in [1.165, 1.54) is 43.5 Å². The summed E-state index contributed by atoms with van der Waals surface area (Å²) in [7, 11) is 1.54. The van der Waals surface area contributed by atoms with Gasteiger partial charge in [-0.25, -0.2) is 8.78 Å². The number of hydrogen-bond donors (Lipinski definition) is 1. The molecule has 1 aliphatic rings. The Kier molecular flexibility index (Phi) is 5.98. The smallest absolute Gasteiger partial charge is 0.278 e. The van der Waals surface area contributed by atoms with Crippen molar-refractivity contribution in [2.24, 2.45) is 0 Å². The van der Waals surface area contributed by atoms with Gasteiger partial charge in [-0.1, -0.05) is 24.3 Å². The van der Waals surface area contributed by atoms with Crippen molar-refractivity contribution in [2.75, 3.05) is 19.0 Å². The minimum Gasteiger partial charge on any atom is -0.497 e. The van der Waals surface area contributed by atoms with Gasteiger partial charge < -0.3 is 10.1 Å². The normalized spacial score (nSPS) is 13.7. The largest absolute Gasteiger partial charge is 0.497 e. The third-order valence-corrected chi connectivity index (χ3v) is 5.20. The number of methoxy groups -OCH3 is 1. The average molecular weight is 434 g/mol. The van der Waals surface area contributed by atoms with Crippen LogP contribution in [-0.2, 0) is 16.0 Å². The zero-order valence-electron chi connectivity index (χ0n) is 17.3. The number of hydrogen-bond acceptors (Lipinski definition) is 4. The van der Waals surface area contributed by atoms with Crippen LogP contribution in [0.15, 0.2) is 78.5 Å². The first-order valence-electron chi connectivity index (χ1n) is 9.98. The highest BCUT2D eigenvalue weighted by Crippen LogP contribution is 2.31. The Morgan fingerprint density at radius 2 is 1.41 bits per heavy atom. The lowest BCUT2D eigenvalue weighted by Crippen LogP contribution is -2.34. The van der Waals surface area contributed by atoms with E-state index in [1.54, 1.807) is 36.4 Å². The van der Waals surface area contributed by atoms with E-state index in [4.69, 9.17) is 4.74 Å². The summed E-state index contributed by atoms with van der Waals surface area (Å²) in [5, 5.41) is 2.98. The van der Waals surface area contributed by atoms with Crippen molar-refractivity contribution in [3.8, 4) is 5.75 Å². The maximum absolute atomic E-state index is 13.3. The highest BCUT2D eigenvalue weighted by Gasteiger charge is 2.39. The molecular formula is C25H20F2N2O3. The van der Waals surface area contributed by atoms with Gasteiger partial charge in [-0.05, 0) is 66.1 Å². The van der Waals surface area contributed by atoms with Crippen molar-refractivity contribution < 1.29 is 23.1 Å². The Morgan fingerprint density at radius 1 is 0.812 bits per heavy atom. The van der Waals surface area contributed by atoms with Crippen molar-refractivity contribution in [1.82, 2.24) is 4.90 Å². The van der Waals surface area contributed by atoms with Gasteiger partial charge in [0.05, 0.1) is 12.7 Å². The van der Waals surface area contributed by atoms with E-state index in [0.717, 1.165) is 10.5 Å². The minimum atomic E-state index is -0.479. The second-order valence-electron chi connectivity index (χ2n) is 7.25. The molecule has 32 heavy (non-hydrogen) atoms. The average Bonchev–Trinajstić information content (AvgIpc) is 3.04. The van der Waals surface area contributed by atoms with Crippen LogP contribution in [0.5, 0.6) is 5.75 Å². The zero-order chi connectivity index (χ0) is 22.7. The van der Waals surface area contributed by atoms with Gasteiger partial charge in [-0.15, -0.1) is 0 Å². The fourth-order valence-corrected chi connectivity index (χ4v) is 3.49. The second kappa shape index (κ2) is 9.01. The van der Waals surface area contributed by atoms with E-state index in [2.05, 4.69) is 5.32 Å². The van der Waals surface area contributed by atoms with Gasteiger partial charge in [0.25, 0.3) is 11.8 Å². The Morgan fingerprint density at radius 3 is 2.00 bits per heavy atom. The Balaban J connectivity index is 1.65. The standard InChI is InChI=1S/C25H20F2N2O3/c1-32-21-12-4-17(5-13-21)22-23(28-20-10-8-19(27)9-11-20)25(31)29(24(22)30)15-14-16-2-6-18(26)7-3-16/h2-13,28H,14-15H2,1H3. The van der Waals surface area contributed by atoms with E-state index >= 15 is 0 Å². The molecule has 1 N–H and O–H groups in total. The predicted molar refractivity (Wildman–Crippen MR) is 117 cm³/mol. The fourth-order valence-electron chi connectivity index (χ4n) is 3.49. The summed E-state index contributed by atoms with van der Waals surface area (Å²) in [6, 6.07) is 18.3. The van der Waals surface area contributed by atoms with Gasteiger partial charge in [0.1, 0.15) is 23.1 Å². The quantitative estimate of drug-likeness (QED) is 0.560. The molecular weight excluding hydrogens is 414 g/mol. The number of carbonyl (C=O) groups is 2. The molecule has 1 heterocycles. The van der Waals surface area contributed by atoms with Crippen LogP contribution in [-0.4, -0.2) is 30.4 Å². The number of rotatable bonds is 7. The molecule has 1 aliphatic heterocycles. The number of nitrogens with one attached hydrogen (secondary N) is 1. The van der Waals surface area contributed by atoms with Crippen LogP contribution in [0.3, 0.4) is 0 Å². The summed E-state index contributed by atoms with van der Waals surface area (Å²) in [6.07, 6.45) is 0.386. The molecule has 2 amide bonds. The number of halogens is 2. The SMILES string of the molecule is COc1ccc(C2=C(Nc3ccc(F)cc3)C(=O)N(CCc3ccc(F)cc3)C2=O)cc1. The Bertz CT molecular complexity index is 1170. The lowest BCUT2D eigenvalue weighted by molar-refractivity contribution is -0.136. The van der Waals surface area contributed by atoms with E-state index in [9.17, 15) is 18.4 Å². The number of ether oxygens (including phenoxy) is 1. The maximum atomic E-state index is 13.3. The number of carbonyl (C=O) groups excluding carboxylic acids is 2. The van der Waals surface area contributed by atoms with Crippen LogP contribution in [0, 0.1) is 11.6 Å². The molecule has 0 saturated carbocycles. The first kappa shape index (κ1) is 21.2. The molecule has 7 heteroatoms. The minimum absolute atomic E-state index is 0.117. The Labute approximate surface area is 183 Å². The second-order valence-corrected chi connectivity index (χ2v) is 7.25. The number of imide groups is 1. The third-order valence-electron chi connectivity index (χ3n) is 5.20. The van der Waals surface area contributed by atoms with Gasteiger partial charge in [0.15, 0.2) is 0 Å². The fraction of sp³-hybridized carbons (Fsp3) is 0.120. The summed E-state index contributed by atoms with van der Waals surface area (Å²) < 4.78 is 31.6. The molecule has 0 spiro atoms. The summed E-state index contributed by atoms with van der Waals surface area (Å²) in [6.45, 7) is 0.136. The molecule has 5 nitrogen and oxygen atoms in total. The van der Waals surface area contributed by atoms with Crippen LogP contribution >= 0.6 is 0 Å². The summed E-state index contributed by atoms with van der Waals surface area (Å²) >= 11 is 0. The van der Waals surface area contributed by atoms with Gasteiger partial charge in [-0.2, -0.15) is 0 Å². The number of nitrogens with zero attached hydrogens (tertiary/aromatic N) is 1. The Hall–Kier alpha value is -4.00. The van der Waals surface area contributed by atoms with Gasteiger partial charge in [0.2, 0.25) is 0 Å². The molecule has 162 valence electrons. The molecule has 0 atom stereocenters. The van der Waals surface area contributed by atoms with E-state index in [0.29, 0.717) is 23.4 Å². The highest BCUT2D eigenvalue weighted by molar-refractivity contribution is 6.36. The molecule has 0 unspecified atom stereocenters. The molecule has 3 aromatic rings. The summed E-state index contributed by atoms with van der Waals surface area (Å²) in [4.78, 5) is 27.6. The lowest BCUT2D eigenvalue weighted by atomic mass is 10.0. The zero-order valence-corrected chi connectivity index (χ0v) is 17.3. The molecule has 0 bridgehead atoms. The lowest BCUT2D eigenvalue weighted by Gasteiger charge is -2.15. The first-order valence-corrected chi connectivity index (χ1v) is 9.98. The first-order chi connectivity index (χ1) is 15.5. The molecule has 0 saturated heterocycles. The molecule has 4 rings (SSSR count). The summed E-state index contributed by atoms with van der Waals surface area (Å²) in [5.41, 5.74) is 2.18. The third kappa shape index (κ3) is 4.37. The van der Waals surface area contributed by atoms with Crippen LogP contribution < -0.4 is 10.1 Å². The van der Waals surface area contributed by atoms with Crippen molar-refractivity contribution in [2.45, 2.75) is 6.42 Å². The van der Waals surface area contributed by atoms with E-state index < -0.39 is 17.6 Å². The van der Waals surface area contributed by atoms with Crippen molar-refractivity contribution in [3.63, 3.8) is 0 Å². The van der Waals surface area contributed by atoms with Gasteiger partial charge in [0, 0.05) is 12.2 Å². The van der Waals surface area contributed by atoms with E-state index in [1.807, 2.05) is 0 Å². The van der Waals surface area contributed by atoms with Gasteiger partial charge >= 0.3 is 0 Å². The molecule has 0 radical (unpaired) electrons. The maximum Gasteiger partial charge on any atom is 0.278 e. The number of anilines is 1. The van der Waals surface area contributed by atoms with Crippen LogP contribution in [0.2, 0.25) is 0 Å². The van der Waals surface area contributed by atoms with Gasteiger partial charge in [-0.3, -0.25) is 14.5 Å². The number of amides is 2. The predicted octanol–water partition coefficient (Wildman–Crippen LogP) is 4.41. The molecule has 0 fully saturated rings. The van der Waals surface area contributed by atoms with Crippen molar-refractivity contribution >= 4 is 23.1 Å². The highest BCUT2D eigenvalue weighted by atomic mass is 19.1. The molecule has 0 aromatic heterocycles. The summed E-state index contributed by atoms with van der Waals surface area (Å²) in [5.74, 6) is -1.06.